The highest BCUT2D eigenvalue weighted by Crippen LogP contribution is 2.37. The summed E-state index contributed by atoms with van der Waals surface area (Å²) in [6.07, 6.45) is 3.93. The summed E-state index contributed by atoms with van der Waals surface area (Å²) in [5.74, 6) is -2.15. The third kappa shape index (κ3) is 6.92. The van der Waals surface area contributed by atoms with Crippen molar-refractivity contribution in [2.45, 2.75) is 71.1 Å². The Labute approximate surface area is 154 Å². The molecule has 150 valence electrons. The van der Waals surface area contributed by atoms with E-state index < -0.39 is 36.4 Å². The molecule has 0 radical (unpaired) electrons. The van der Waals surface area contributed by atoms with E-state index in [1.54, 1.807) is 0 Å². The Morgan fingerprint density at radius 1 is 1.23 bits per heavy atom. The number of amides is 1. The SMILES string of the molecule is COC(=O)[C@H](COC(C1CCCC1)C(C)(C)C)NC(=O)[C@@H](N)CC(=O)O. The zero-order valence-electron chi connectivity index (χ0n) is 16.1. The molecule has 1 unspecified atom stereocenters. The van der Waals surface area contributed by atoms with Crippen LogP contribution in [0.15, 0.2) is 0 Å². The molecule has 0 heterocycles. The van der Waals surface area contributed by atoms with Crippen molar-refractivity contribution in [3.05, 3.63) is 0 Å². The van der Waals surface area contributed by atoms with Crippen molar-refractivity contribution in [1.29, 1.82) is 0 Å². The quantitative estimate of drug-likeness (QED) is 0.516. The molecule has 26 heavy (non-hydrogen) atoms. The van der Waals surface area contributed by atoms with Crippen molar-refractivity contribution >= 4 is 17.8 Å². The van der Waals surface area contributed by atoms with E-state index >= 15 is 0 Å². The first kappa shape index (κ1) is 22.4. The van der Waals surface area contributed by atoms with Crippen LogP contribution < -0.4 is 11.1 Å². The molecule has 1 aliphatic carbocycles. The molecule has 4 N–H and O–H groups in total. The van der Waals surface area contributed by atoms with Gasteiger partial charge >= 0.3 is 11.9 Å². The number of rotatable bonds is 9. The molecule has 1 fully saturated rings. The Bertz CT molecular complexity index is 496. The number of carboxylic acid groups (broad SMARTS) is 1. The van der Waals surface area contributed by atoms with E-state index in [0.29, 0.717) is 5.92 Å². The number of nitrogens with one attached hydrogen (secondary N) is 1. The van der Waals surface area contributed by atoms with Crippen LogP contribution in [-0.4, -0.2) is 54.9 Å². The van der Waals surface area contributed by atoms with Crippen molar-refractivity contribution in [3.63, 3.8) is 0 Å². The van der Waals surface area contributed by atoms with E-state index in [-0.39, 0.29) is 18.1 Å². The highest BCUT2D eigenvalue weighted by atomic mass is 16.5. The van der Waals surface area contributed by atoms with Gasteiger partial charge in [-0.1, -0.05) is 33.6 Å². The van der Waals surface area contributed by atoms with Gasteiger partial charge in [-0.25, -0.2) is 4.79 Å². The summed E-state index contributed by atoms with van der Waals surface area (Å²) in [4.78, 5) is 34.7. The van der Waals surface area contributed by atoms with Gasteiger partial charge in [-0.05, 0) is 24.2 Å². The van der Waals surface area contributed by atoms with Crippen LogP contribution >= 0.6 is 0 Å². The van der Waals surface area contributed by atoms with Gasteiger partial charge in [0.15, 0.2) is 6.04 Å². The maximum Gasteiger partial charge on any atom is 0.330 e. The smallest absolute Gasteiger partial charge is 0.330 e. The van der Waals surface area contributed by atoms with Crippen LogP contribution in [0.5, 0.6) is 0 Å². The first-order valence-electron chi connectivity index (χ1n) is 9.03. The van der Waals surface area contributed by atoms with Crippen LogP contribution in [0.1, 0.15) is 52.9 Å². The summed E-state index contributed by atoms with van der Waals surface area (Å²) in [6, 6.07) is -2.27. The topological polar surface area (TPSA) is 128 Å². The molecule has 0 aliphatic heterocycles. The van der Waals surface area contributed by atoms with E-state index in [1.165, 1.54) is 20.0 Å². The van der Waals surface area contributed by atoms with Crippen LogP contribution in [0.2, 0.25) is 0 Å². The van der Waals surface area contributed by atoms with Gasteiger partial charge in [0.1, 0.15) is 0 Å². The molecule has 0 aromatic rings. The van der Waals surface area contributed by atoms with E-state index in [1.807, 2.05) is 0 Å². The molecular weight excluding hydrogens is 340 g/mol. The summed E-state index contributed by atoms with van der Waals surface area (Å²) in [6.45, 7) is 6.22. The van der Waals surface area contributed by atoms with E-state index in [0.717, 1.165) is 12.8 Å². The lowest BCUT2D eigenvalue weighted by molar-refractivity contribution is -0.150. The fourth-order valence-electron chi connectivity index (χ4n) is 3.42. The Hall–Kier alpha value is -1.67. The standard InChI is InChI=1S/C18H32N2O6/c1-18(2,3)15(11-7-5-6-8-11)26-10-13(17(24)25-4)20-16(23)12(19)9-14(21)22/h11-13,15H,5-10,19H2,1-4H3,(H,20,23)(H,21,22)/t12-,13-,15?/m0/s1. The number of ether oxygens (including phenoxy) is 2. The lowest BCUT2D eigenvalue weighted by Crippen LogP contribution is -2.52. The van der Waals surface area contributed by atoms with Gasteiger partial charge in [0.2, 0.25) is 5.91 Å². The number of hydrogen-bond acceptors (Lipinski definition) is 6. The van der Waals surface area contributed by atoms with E-state index in [9.17, 15) is 14.4 Å². The average Bonchev–Trinajstić information content (AvgIpc) is 3.05. The molecule has 1 rings (SSSR count). The molecule has 0 saturated heterocycles. The van der Waals surface area contributed by atoms with E-state index in [2.05, 4.69) is 26.1 Å². The number of carbonyl (C=O) groups excluding carboxylic acids is 2. The zero-order valence-corrected chi connectivity index (χ0v) is 16.1. The number of methoxy groups -OCH3 is 1. The number of hydrogen-bond donors (Lipinski definition) is 3. The molecule has 1 saturated carbocycles. The number of nitrogens with two attached hydrogens (primary N) is 1. The Balaban J connectivity index is 2.75. The molecule has 0 spiro atoms. The van der Waals surface area contributed by atoms with Crippen molar-refractivity contribution in [2.75, 3.05) is 13.7 Å². The summed E-state index contributed by atoms with van der Waals surface area (Å²) < 4.78 is 10.8. The first-order chi connectivity index (χ1) is 12.1. The van der Waals surface area contributed by atoms with Gasteiger partial charge in [0, 0.05) is 0 Å². The fourth-order valence-corrected chi connectivity index (χ4v) is 3.42. The summed E-state index contributed by atoms with van der Waals surface area (Å²) in [5.41, 5.74) is 5.44. The Kier molecular flexibility index (Phi) is 8.49. The lowest BCUT2D eigenvalue weighted by Gasteiger charge is -2.36. The van der Waals surface area contributed by atoms with Crippen molar-refractivity contribution in [2.24, 2.45) is 17.1 Å². The van der Waals surface area contributed by atoms with Crippen LogP contribution in [0.3, 0.4) is 0 Å². The largest absolute Gasteiger partial charge is 0.481 e. The maximum absolute atomic E-state index is 12.0. The molecule has 0 aromatic heterocycles. The molecule has 0 bridgehead atoms. The van der Waals surface area contributed by atoms with Crippen LogP contribution in [0.25, 0.3) is 0 Å². The minimum atomic E-state index is -1.24. The van der Waals surface area contributed by atoms with E-state index in [4.69, 9.17) is 20.3 Å². The molecule has 1 amide bonds. The third-order valence-electron chi connectivity index (χ3n) is 4.66. The lowest BCUT2D eigenvalue weighted by atomic mass is 9.80. The predicted molar refractivity (Wildman–Crippen MR) is 95.3 cm³/mol. The molecule has 0 aromatic carbocycles. The number of carboxylic acids is 1. The Morgan fingerprint density at radius 2 is 1.81 bits per heavy atom. The Morgan fingerprint density at radius 3 is 2.27 bits per heavy atom. The highest BCUT2D eigenvalue weighted by Gasteiger charge is 2.36. The van der Waals surface area contributed by atoms with Gasteiger partial charge in [-0.15, -0.1) is 0 Å². The monoisotopic (exact) mass is 372 g/mol. The molecule has 3 atom stereocenters. The second-order valence-electron chi connectivity index (χ2n) is 7.95. The zero-order chi connectivity index (χ0) is 19.9. The summed E-state index contributed by atoms with van der Waals surface area (Å²) in [7, 11) is 1.22. The normalized spacial score (nSPS) is 18.8. The molecule has 8 heteroatoms. The van der Waals surface area contributed by atoms with Crippen LogP contribution in [0.4, 0.5) is 0 Å². The average molecular weight is 372 g/mol. The number of carbonyl (C=O) groups is 3. The minimum Gasteiger partial charge on any atom is -0.481 e. The molecule has 8 nitrogen and oxygen atoms in total. The number of aliphatic carboxylic acids is 1. The van der Waals surface area contributed by atoms with Crippen LogP contribution in [0, 0.1) is 11.3 Å². The first-order valence-corrected chi connectivity index (χ1v) is 9.03. The second kappa shape index (κ2) is 9.87. The van der Waals surface area contributed by atoms with Crippen LogP contribution in [-0.2, 0) is 23.9 Å². The summed E-state index contributed by atoms with van der Waals surface area (Å²) in [5, 5.41) is 11.2. The maximum atomic E-state index is 12.0. The summed E-state index contributed by atoms with van der Waals surface area (Å²) >= 11 is 0. The van der Waals surface area contributed by atoms with Gasteiger partial charge in [0.05, 0.1) is 32.3 Å². The highest BCUT2D eigenvalue weighted by molar-refractivity contribution is 5.89. The van der Waals surface area contributed by atoms with Crippen molar-refractivity contribution in [1.82, 2.24) is 5.32 Å². The minimum absolute atomic E-state index is 0.0450. The van der Waals surface area contributed by atoms with Gasteiger partial charge in [-0.2, -0.15) is 0 Å². The molecule has 1 aliphatic rings. The predicted octanol–water partition coefficient (Wildman–Crippen LogP) is 1.07. The molecular formula is C18H32N2O6. The van der Waals surface area contributed by atoms with Gasteiger partial charge in [0.25, 0.3) is 0 Å². The van der Waals surface area contributed by atoms with Gasteiger partial charge in [-0.3, -0.25) is 9.59 Å². The third-order valence-corrected chi connectivity index (χ3v) is 4.66. The second-order valence-corrected chi connectivity index (χ2v) is 7.95. The fraction of sp³-hybridized carbons (Fsp3) is 0.833. The van der Waals surface area contributed by atoms with Crippen molar-refractivity contribution < 1.29 is 29.0 Å². The van der Waals surface area contributed by atoms with Crippen molar-refractivity contribution in [3.8, 4) is 0 Å². The number of esters is 1. The van der Waals surface area contributed by atoms with Gasteiger partial charge < -0.3 is 25.6 Å².